The molecular formula is C18H34O2. The van der Waals surface area contributed by atoms with Crippen LogP contribution in [0.1, 0.15) is 85.0 Å². The molecule has 0 saturated heterocycles. The van der Waals surface area contributed by atoms with Crippen LogP contribution in [0.3, 0.4) is 0 Å². The lowest BCUT2D eigenvalue weighted by atomic mass is 10.1. The fraction of sp³-hybridized carbons (Fsp3) is 0.722. The highest BCUT2D eigenvalue weighted by Crippen LogP contribution is 2.10. The van der Waals surface area contributed by atoms with Crippen LogP contribution >= 0.6 is 0 Å². The molecule has 0 spiro atoms. The molecule has 0 saturated carbocycles. The van der Waals surface area contributed by atoms with E-state index in [1.165, 1.54) is 64.2 Å². The average Bonchev–Trinajstić information content (AvgIpc) is 2.45. The van der Waals surface area contributed by atoms with E-state index in [2.05, 4.69) is 13.5 Å². The van der Waals surface area contributed by atoms with E-state index >= 15 is 0 Å². The molecule has 0 unspecified atom stereocenters. The van der Waals surface area contributed by atoms with Gasteiger partial charge in [-0.2, -0.15) is 0 Å². The Morgan fingerprint density at radius 1 is 1.00 bits per heavy atom. The molecule has 0 rings (SSSR count). The molecule has 2 heteroatoms. The Morgan fingerprint density at radius 3 is 1.75 bits per heavy atom. The molecule has 0 aliphatic carbocycles. The molecule has 1 N–H and O–H groups in total. The quantitative estimate of drug-likeness (QED) is 0.281. The number of hydrogen-bond acceptors (Lipinski definition) is 1. The molecule has 0 atom stereocenters. The minimum Gasteiger partial charge on any atom is -0.478 e. The number of unbranched alkanes of at least 4 members (excludes halogenated alkanes) is 9. The highest BCUT2D eigenvalue weighted by Gasteiger charge is 1.93. The van der Waals surface area contributed by atoms with Gasteiger partial charge in [0.2, 0.25) is 0 Å². The normalized spacial score (nSPS) is 10.7. The summed E-state index contributed by atoms with van der Waals surface area (Å²) in [5, 5.41) is 8.11. The van der Waals surface area contributed by atoms with Crippen molar-refractivity contribution >= 4 is 5.97 Å². The van der Waals surface area contributed by atoms with E-state index in [1.54, 1.807) is 19.9 Å². The minimum absolute atomic E-state index is 0.389. The Morgan fingerprint density at radius 2 is 1.45 bits per heavy atom. The van der Waals surface area contributed by atoms with E-state index in [-0.39, 0.29) is 0 Å². The number of allylic oxidation sites excluding steroid dienone is 2. The lowest BCUT2D eigenvalue weighted by molar-refractivity contribution is -0.132. The molecule has 0 aliphatic rings. The van der Waals surface area contributed by atoms with Crippen LogP contribution in [0, 0.1) is 0 Å². The van der Waals surface area contributed by atoms with E-state index < -0.39 is 5.97 Å². The Kier molecular flexibility index (Phi) is 19.1. The van der Waals surface area contributed by atoms with Crippen molar-refractivity contribution in [3.05, 3.63) is 24.3 Å². The van der Waals surface area contributed by atoms with Gasteiger partial charge in [-0.25, -0.2) is 4.79 Å². The van der Waals surface area contributed by atoms with Crippen LogP contribution in [0.15, 0.2) is 24.3 Å². The molecule has 0 radical (unpaired) electrons. The van der Waals surface area contributed by atoms with E-state index in [0.717, 1.165) is 0 Å². The van der Waals surface area contributed by atoms with Crippen molar-refractivity contribution in [1.29, 1.82) is 0 Å². The molecule has 0 heterocycles. The summed E-state index contributed by atoms with van der Waals surface area (Å²) in [7, 11) is 0. The molecule has 0 aromatic rings. The van der Waals surface area contributed by atoms with E-state index in [4.69, 9.17) is 5.11 Å². The molecular weight excluding hydrogens is 248 g/mol. The van der Waals surface area contributed by atoms with Crippen molar-refractivity contribution in [2.24, 2.45) is 0 Å². The van der Waals surface area contributed by atoms with Crippen molar-refractivity contribution in [2.45, 2.75) is 85.0 Å². The molecule has 0 bridgehead atoms. The van der Waals surface area contributed by atoms with Crippen LogP contribution in [-0.4, -0.2) is 11.1 Å². The number of aliphatic carboxylic acids is 1. The maximum absolute atomic E-state index is 9.86. The van der Waals surface area contributed by atoms with Crippen LogP contribution in [0.5, 0.6) is 0 Å². The van der Waals surface area contributed by atoms with Crippen LogP contribution in [0.2, 0.25) is 0 Å². The highest BCUT2D eigenvalue weighted by molar-refractivity contribution is 5.85. The van der Waals surface area contributed by atoms with Crippen molar-refractivity contribution in [1.82, 2.24) is 0 Å². The molecule has 0 aromatic carbocycles. The third-order valence-electron chi connectivity index (χ3n) is 3.28. The third-order valence-corrected chi connectivity index (χ3v) is 3.28. The van der Waals surface area contributed by atoms with Crippen LogP contribution in [-0.2, 0) is 4.79 Å². The predicted octanol–water partition coefficient (Wildman–Crippen LogP) is 6.13. The number of carboxylic acid groups (broad SMARTS) is 1. The largest absolute Gasteiger partial charge is 0.478 e. The van der Waals surface area contributed by atoms with Gasteiger partial charge in [0.15, 0.2) is 0 Å². The second kappa shape index (κ2) is 17.9. The first-order valence-electron chi connectivity index (χ1n) is 8.07. The molecule has 0 aliphatic heterocycles. The van der Waals surface area contributed by atoms with Crippen LogP contribution < -0.4 is 0 Å². The summed E-state index contributed by atoms with van der Waals surface area (Å²) in [5.41, 5.74) is 0.389. The number of hydrogen-bond donors (Lipinski definition) is 1. The lowest BCUT2D eigenvalue weighted by Crippen LogP contribution is -1.93. The number of carboxylic acids is 1. The summed E-state index contributed by atoms with van der Waals surface area (Å²) in [6, 6.07) is 0. The highest BCUT2D eigenvalue weighted by atomic mass is 16.4. The Hall–Kier alpha value is -1.05. The average molecular weight is 282 g/mol. The fourth-order valence-corrected chi connectivity index (χ4v) is 1.72. The standard InChI is InChI=1S/C13H26.C5H8O2/c1-3-5-7-9-11-13-12-10-8-6-4-2;1-3-4(2)5(6)7/h3H,1,4-13H2,2H3;3H,1-2H3,(H,6,7)/b;4-3-. The van der Waals surface area contributed by atoms with Gasteiger partial charge in [-0.3, -0.25) is 0 Å². The van der Waals surface area contributed by atoms with Gasteiger partial charge < -0.3 is 5.11 Å². The van der Waals surface area contributed by atoms with Gasteiger partial charge in [-0.1, -0.05) is 70.4 Å². The topological polar surface area (TPSA) is 37.3 Å². The summed E-state index contributed by atoms with van der Waals surface area (Å²) in [6.45, 7) is 9.26. The predicted molar refractivity (Wildman–Crippen MR) is 89.1 cm³/mol. The molecule has 20 heavy (non-hydrogen) atoms. The fourth-order valence-electron chi connectivity index (χ4n) is 1.72. The van der Waals surface area contributed by atoms with Crippen molar-refractivity contribution in [3.8, 4) is 0 Å². The number of rotatable bonds is 11. The molecule has 118 valence electrons. The zero-order valence-corrected chi connectivity index (χ0v) is 13.8. The van der Waals surface area contributed by atoms with E-state index in [0.29, 0.717) is 5.57 Å². The van der Waals surface area contributed by atoms with Crippen molar-refractivity contribution < 1.29 is 9.90 Å². The number of carbonyl (C=O) groups is 1. The zero-order valence-electron chi connectivity index (χ0n) is 13.8. The summed E-state index contributed by atoms with van der Waals surface area (Å²) in [4.78, 5) is 9.86. The van der Waals surface area contributed by atoms with Gasteiger partial charge in [0.1, 0.15) is 0 Å². The summed E-state index contributed by atoms with van der Waals surface area (Å²) in [6.07, 6.45) is 17.6. The minimum atomic E-state index is -0.845. The van der Waals surface area contributed by atoms with E-state index in [1.807, 2.05) is 6.08 Å². The maximum atomic E-state index is 9.86. The zero-order chi connectivity index (χ0) is 15.6. The van der Waals surface area contributed by atoms with Gasteiger partial charge in [0.25, 0.3) is 0 Å². The maximum Gasteiger partial charge on any atom is 0.330 e. The Labute approximate surface area is 126 Å². The summed E-state index contributed by atoms with van der Waals surface area (Å²) >= 11 is 0. The summed E-state index contributed by atoms with van der Waals surface area (Å²) in [5.74, 6) is -0.845. The Bertz CT molecular complexity index is 254. The first kappa shape index (κ1) is 21.3. The monoisotopic (exact) mass is 282 g/mol. The first-order chi connectivity index (χ1) is 9.59. The first-order valence-corrected chi connectivity index (χ1v) is 8.07. The van der Waals surface area contributed by atoms with Crippen molar-refractivity contribution in [2.75, 3.05) is 0 Å². The third kappa shape index (κ3) is 19.3. The van der Waals surface area contributed by atoms with Gasteiger partial charge >= 0.3 is 5.97 Å². The van der Waals surface area contributed by atoms with Crippen LogP contribution in [0.4, 0.5) is 0 Å². The van der Waals surface area contributed by atoms with Gasteiger partial charge in [-0.05, 0) is 26.7 Å². The van der Waals surface area contributed by atoms with E-state index in [9.17, 15) is 4.79 Å². The van der Waals surface area contributed by atoms with Gasteiger partial charge in [0.05, 0.1) is 0 Å². The Balaban J connectivity index is 0. The van der Waals surface area contributed by atoms with Gasteiger partial charge in [-0.15, -0.1) is 6.58 Å². The van der Waals surface area contributed by atoms with Crippen molar-refractivity contribution in [3.63, 3.8) is 0 Å². The lowest BCUT2D eigenvalue weighted by Gasteiger charge is -2.00. The molecule has 0 fully saturated rings. The SMILES string of the molecule is C/C=C(/C)C(=O)O.C=CCCCCCCCCCCC. The molecule has 0 amide bonds. The second-order valence-corrected chi connectivity index (χ2v) is 5.18. The smallest absolute Gasteiger partial charge is 0.330 e. The van der Waals surface area contributed by atoms with Gasteiger partial charge in [0, 0.05) is 5.57 Å². The molecule has 2 nitrogen and oxygen atoms in total. The second-order valence-electron chi connectivity index (χ2n) is 5.18. The summed E-state index contributed by atoms with van der Waals surface area (Å²) < 4.78 is 0. The van der Waals surface area contributed by atoms with Crippen LogP contribution in [0.25, 0.3) is 0 Å². The molecule has 0 aromatic heterocycles.